The van der Waals surface area contributed by atoms with E-state index in [1.54, 1.807) is 0 Å². The second-order valence-electron chi connectivity index (χ2n) is 8.59. The van der Waals surface area contributed by atoms with Crippen molar-refractivity contribution in [2.75, 3.05) is 70.5 Å². The fraction of sp³-hybridized carbons (Fsp3) is 0.727. The van der Waals surface area contributed by atoms with Gasteiger partial charge in [0.2, 0.25) is 0 Å². The summed E-state index contributed by atoms with van der Waals surface area (Å²) < 4.78 is 5.68. The van der Waals surface area contributed by atoms with E-state index in [0.717, 1.165) is 77.3 Å². The number of likely N-dealkylation sites (N-methyl/N-ethyl adjacent to an activating group) is 1. The van der Waals surface area contributed by atoms with Crippen molar-refractivity contribution in [3.63, 3.8) is 0 Å². The lowest BCUT2D eigenvalue weighted by atomic mass is 9.87. The van der Waals surface area contributed by atoms with Crippen LogP contribution in [-0.2, 0) is 11.3 Å². The van der Waals surface area contributed by atoms with Gasteiger partial charge in [0.05, 0.1) is 13.2 Å². The highest BCUT2D eigenvalue weighted by Crippen LogP contribution is 2.38. The number of nitrogens with one attached hydrogen (secondary N) is 1. The van der Waals surface area contributed by atoms with E-state index in [4.69, 9.17) is 9.73 Å². The van der Waals surface area contributed by atoms with Gasteiger partial charge in [-0.1, -0.05) is 6.92 Å². The summed E-state index contributed by atoms with van der Waals surface area (Å²) in [6.07, 6.45) is 4.32. The van der Waals surface area contributed by atoms with Gasteiger partial charge in [-0.2, -0.15) is 0 Å². The van der Waals surface area contributed by atoms with E-state index in [1.165, 1.54) is 18.4 Å². The third-order valence-electron chi connectivity index (χ3n) is 6.62. The van der Waals surface area contributed by atoms with E-state index in [0.29, 0.717) is 12.0 Å². The number of anilines is 1. The van der Waals surface area contributed by atoms with E-state index < -0.39 is 0 Å². The second kappa shape index (κ2) is 9.30. The van der Waals surface area contributed by atoms with Gasteiger partial charge >= 0.3 is 0 Å². The SMILES string of the molecule is CCNC(=NCc1ccnc(N2CCN(CC)CC2)c1)N1CCC2(CCOC2)C1. The van der Waals surface area contributed by atoms with Crippen LogP contribution in [0.25, 0.3) is 0 Å². The molecule has 4 heterocycles. The Kier molecular flexibility index (Phi) is 6.55. The molecule has 0 aliphatic carbocycles. The molecule has 1 atom stereocenters. The van der Waals surface area contributed by atoms with Crippen LogP contribution in [0.2, 0.25) is 0 Å². The first-order valence-corrected chi connectivity index (χ1v) is 11.2. The number of rotatable bonds is 5. The van der Waals surface area contributed by atoms with Gasteiger partial charge in [-0.15, -0.1) is 0 Å². The number of hydrogen-bond acceptors (Lipinski definition) is 5. The van der Waals surface area contributed by atoms with Crippen LogP contribution in [0.1, 0.15) is 32.3 Å². The van der Waals surface area contributed by atoms with E-state index in [9.17, 15) is 0 Å². The lowest BCUT2D eigenvalue weighted by Crippen LogP contribution is -2.46. The number of piperazine rings is 1. The summed E-state index contributed by atoms with van der Waals surface area (Å²) in [6.45, 7) is 15.4. The van der Waals surface area contributed by atoms with Crippen molar-refractivity contribution in [3.05, 3.63) is 23.9 Å². The highest BCUT2D eigenvalue weighted by atomic mass is 16.5. The molecule has 160 valence electrons. The zero-order chi connectivity index (χ0) is 20.1. The minimum Gasteiger partial charge on any atom is -0.381 e. The van der Waals surface area contributed by atoms with Gasteiger partial charge in [-0.05, 0) is 44.0 Å². The van der Waals surface area contributed by atoms with Crippen molar-refractivity contribution in [2.45, 2.75) is 33.2 Å². The molecule has 0 aromatic carbocycles. The quantitative estimate of drug-likeness (QED) is 0.601. The summed E-state index contributed by atoms with van der Waals surface area (Å²) in [7, 11) is 0. The maximum Gasteiger partial charge on any atom is 0.194 e. The summed E-state index contributed by atoms with van der Waals surface area (Å²) in [5, 5.41) is 3.49. The Hall–Kier alpha value is -1.86. The molecule has 0 radical (unpaired) electrons. The highest BCUT2D eigenvalue weighted by molar-refractivity contribution is 5.80. The van der Waals surface area contributed by atoms with Gasteiger partial charge in [0.1, 0.15) is 5.82 Å². The van der Waals surface area contributed by atoms with Crippen molar-refractivity contribution in [1.29, 1.82) is 0 Å². The first-order chi connectivity index (χ1) is 14.2. The first kappa shape index (κ1) is 20.4. The molecule has 1 unspecified atom stereocenters. The van der Waals surface area contributed by atoms with Crippen LogP contribution < -0.4 is 10.2 Å². The zero-order valence-corrected chi connectivity index (χ0v) is 18.1. The second-order valence-corrected chi connectivity index (χ2v) is 8.59. The number of pyridine rings is 1. The van der Waals surface area contributed by atoms with Crippen LogP contribution >= 0.6 is 0 Å². The van der Waals surface area contributed by atoms with Gasteiger partial charge in [-0.3, -0.25) is 0 Å². The number of likely N-dealkylation sites (tertiary alicyclic amines) is 1. The molecule has 4 rings (SSSR count). The molecule has 1 spiro atoms. The van der Waals surface area contributed by atoms with Gasteiger partial charge in [0, 0.05) is 64.0 Å². The topological polar surface area (TPSA) is 56.2 Å². The Morgan fingerprint density at radius 3 is 2.79 bits per heavy atom. The van der Waals surface area contributed by atoms with Crippen LogP contribution in [0.4, 0.5) is 5.82 Å². The molecule has 3 aliphatic heterocycles. The lowest BCUT2D eigenvalue weighted by Gasteiger charge is -2.34. The predicted molar refractivity (Wildman–Crippen MR) is 117 cm³/mol. The molecule has 1 aromatic rings. The Morgan fingerprint density at radius 2 is 2.07 bits per heavy atom. The minimum absolute atomic E-state index is 0.348. The maximum absolute atomic E-state index is 5.68. The normalized spacial score (nSPS) is 25.9. The number of guanidine groups is 1. The Bertz CT molecular complexity index is 694. The van der Waals surface area contributed by atoms with Crippen molar-refractivity contribution in [3.8, 4) is 0 Å². The minimum atomic E-state index is 0.348. The molecule has 1 N–H and O–H groups in total. The fourth-order valence-corrected chi connectivity index (χ4v) is 4.70. The first-order valence-electron chi connectivity index (χ1n) is 11.2. The molecular formula is C22H36N6O. The number of ether oxygens (including phenoxy) is 1. The average Bonchev–Trinajstić information content (AvgIpc) is 3.41. The average molecular weight is 401 g/mol. The van der Waals surface area contributed by atoms with Crippen LogP contribution in [0.3, 0.4) is 0 Å². The van der Waals surface area contributed by atoms with Crippen molar-refractivity contribution in [1.82, 2.24) is 20.1 Å². The van der Waals surface area contributed by atoms with Crippen molar-refractivity contribution >= 4 is 11.8 Å². The van der Waals surface area contributed by atoms with Gasteiger partial charge in [-0.25, -0.2) is 9.98 Å². The third-order valence-corrected chi connectivity index (χ3v) is 6.62. The van der Waals surface area contributed by atoms with Crippen molar-refractivity contribution < 1.29 is 4.74 Å². The van der Waals surface area contributed by atoms with Gasteiger partial charge in [0.15, 0.2) is 5.96 Å². The molecule has 0 bridgehead atoms. The van der Waals surface area contributed by atoms with E-state index in [1.807, 2.05) is 6.20 Å². The van der Waals surface area contributed by atoms with Crippen LogP contribution in [0.5, 0.6) is 0 Å². The summed E-state index contributed by atoms with van der Waals surface area (Å²) in [4.78, 5) is 16.9. The summed E-state index contributed by atoms with van der Waals surface area (Å²) >= 11 is 0. The largest absolute Gasteiger partial charge is 0.381 e. The standard InChI is InChI=1S/C22H36N6O/c1-3-23-21(28-9-6-22(17-28)7-14-29-18-22)25-16-19-5-8-24-20(15-19)27-12-10-26(4-2)11-13-27/h5,8,15H,3-4,6-7,9-14,16-18H2,1-2H3,(H,23,25). The van der Waals surface area contributed by atoms with E-state index in [-0.39, 0.29) is 0 Å². The lowest BCUT2D eigenvalue weighted by molar-refractivity contribution is 0.156. The summed E-state index contributed by atoms with van der Waals surface area (Å²) in [5.41, 5.74) is 1.57. The molecule has 7 nitrogen and oxygen atoms in total. The monoisotopic (exact) mass is 400 g/mol. The molecule has 3 saturated heterocycles. The van der Waals surface area contributed by atoms with E-state index in [2.05, 4.69) is 51.0 Å². The summed E-state index contributed by atoms with van der Waals surface area (Å²) in [6, 6.07) is 4.31. The molecule has 0 amide bonds. The molecule has 29 heavy (non-hydrogen) atoms. The predicted octanol–water partition coefficient (Wildman–Crippen LogP) is 1.80. The molecule has 3 fully saturated rings. The van der Waals surface area contributed by atoms with Crippen LogP contribution in [-0.4, -0.2) is 86.3 Å². The molecule has 0 saturated carbocycles. The van der Waals surface area contributed by atoms with Gasteiger partial charge < -0.3 is 24.8 Å². The Labute approximate surface area is 175 Å². The van der Waals surface area contributed by atoms with Gasteiger partial charge in [0.25, 0.3) is 0 Å². The Balaban J connectivity index is 1.40. The maximum atomic E-state index is 5.68. The van der Waals surface area contributed by atoms with Crippen LogP contribution in [0.15, 0.2) is 23.3 Å². The highest BCUT2D eigenvalue weighted by Gasteiger charge is 2.42. The van der Waals surface area contributed by atoms with Crippen molar-refractivity contribution in [2.24, 2.45) is 10.4 Å². The third kappa shape index (κ3) is 4.83. The van der Waals surface area contributed by atoms with E-state index >= 15 is 0 Å². The zero-order valence-electron chi connectivity index (χ0n) is 18.1. The molecular weight excluding hydrogens is 364 g/mol. The number of hydrogen-bond donors (Lipinski definition) is 1. The molecule has 1 aromatic heterocycles. The molecule has 3 aliphatic rings. The number of aromatic nitrogens is 1. The number of nitrogens with zero attached hydrogens (tertiary/aromatic N) is 5. The Morgan fingerprint density at radius 1 is 1.21 bits per heavy atom. The smallest absolute Gasteiger partial charge is 0.194 e. The fourth-order valence-electron chi connectivity index (χ4n) is 4.70. The summed E-state index contributed by atoms with van der Waals surface area (Å²) in [5.74, 6) is 2.12. The number of aliphatic imine (C=N–C) groups is 1. The molecule has 7 heteroatoms. The van der Waals surface area contributed by atoms with Crippen LogP contribution in [0, 0.1) is 5.41 Å².